The molecule has 0 saturated carbocycles. The average molecular weight is 288 g/mol. The Balaban J connectivity index is 3.03. The maximum atomic E-state index is 11.8. The minimum atomic E-state index is -0.287. The van der Waals surface area contributed by atoms with E-state index in [1.165, 1.54) is 0 Å². The highest BCUT2D eigenvalue weighted by atomic mass is 127. The lowest BCUT2D eigenvalue weighted by atomic mass is 9.87. The minimum absolute atomic E-state index is 0.200. The standard InChI is InChI=1S/C11H13IO/c1-11(2,3)10(13)8-5-4-6-9(12)7-8/h4-7H,1-3H3. The third kappa shape index (κ3) is 2.79. The first-order valence-corrected chi connectivity index (χ1v) is 5.29. The molecule has 0 atom stereocenters. The molecule has 0 radical (unpaired) electrons. The SMILES string of the molecule is CC(C)(C)C(=O)c1cccc(I)c1. The molecule has 70 valence electrons. The van der Waals surface area contributed by atoms with Crippen LogP contribution in [0, 0.1) is 8.99 Å². The number of ketones is 1. The van der Waals surface area contributed by atoms with Crippen LogP contribution in [0.3, 0.4) is 0 Å². The van der Waals surface area contributed by atoms with Gasteiger partial charge in [-0.1, -0.05) is 32.9 Å². The van der Waals surface area contributed by atoms with E-state index in [4.69, 9.17) is 0 Å². The first kappa shape index (κ1) is 10.7. The molecule has 0 aliphatic carbocycles. The Bertz CT molecular complexity index is 323. The Labute approximate surface area is 92.7 Å². The van der Waals surface area contributed by atoms with Gasteiger partial charge in [-0.3, -0.25) is 4.79 Å². The van der Waals surface area contributed by atoms with Gasteiger partial charge in [0, 0.05) is 14.5 Å². The normalized spacial score (nSPS) is 11.4. The van der Waals surface area contributed by atoms with Crippen molar-refractivity contribution in [2.45, 2.75) is 20.8 Å². The summed E-state index contributed by atoms with van der Waals surface area (Å²) >= 11 is 2.21. The van der Waals surface area contributed by atoms with Crippen LogP contribution in [0.2, 0.25) is 0 Å². The van der Waals surface area contributed by atoms with E-state index in [9.17, 15) is 4.79 Å². The summed E-state index contributed by atoms with van der Waals surface area (Å²) in [5, 5.41) is 0. The fourth-order valence-electron chi connectivity index (χ4n) is 1.06. The fraction of sp³-hybridized carbons (Fsp3) is 0.364. The molecule has 0 saturated heterocycles. The van der Waals surface area contributed by atoms with Crippen LogP contribution in [0.1, 0.15) is 31.1 Å². The zero-order chi connectivity index (χ0) is 10.1. The highest BCUT2D eigenvalue weighted by Gasteiger charge is 2.22. The van der Waals surface area contributed by atoms with Gasteiger partial charge < -0.3 is 0 Å². The van der Waals surface area contributed by atoms with Gasteiger partial charge >= 0.3 is 0 Å². The predicted molar refractivity (Wildman–Crippen MR) is 62.9 cm³/mol. The van der Waals surface area contributed by atoms with Gasteiger partial charge in [0.1, 0.15) is 0 Å². The van der Waals surface area contributed by atoms with Gasteiger partial charge in [-0.25, -0.2) is 0 Å². The summed E-state index contributed by atoms with van der Waals surface area (Å²) in [4.78, 5) is 11.8. The quantitative estimate of drug-likeness (QED) is 0.571. The molecule has 13 heavy (non-hydrogen) atoms. The first-order chi connectivity index (χ1) is 5.91. The van der Waals surface area contributed by atoms with Crippen LogP contribution in [0.15, 0.2) is 24.3 Å². The number of hydrogen-bond donors (Lipinski definition) is 0. The zero-order valence-corrected chi connectivity index (χ0v) is 10.3. The average Bonchev–Trinajstić information content (AvgIpc) is 2.01. The Kier molecular flexibility index (Phi) is 3.11. The van der Waals surface area contributed by atoms with Gasteiger partial charge in [0.05, 0.1) is 0 Å². The Hall–Kier alpha value is -0.380. The molecule has 0 aliphatic heterocycles. The lowest BCUT2D eigenvalue weighted by Gasteiger charge is -2.16. The molecule has 1 aromatic carbocycles. The van der Waals surface area contributed by atoms with Crippen molar-refractivity contribution in [3.8, 4) is 0 Å². The third-order valence-corrected chi connectivity index (χ3v) is 2.44. The molecule has 2 heteroatoms. The van der Waals surface area contributed by atoms with Crippen molar-refractivity contribution < 1.29 is 4.79 Å². The number of rotatable bonds is 1. The molecule has 1 nitrogen and oxygen atoms in total. The second-order valence-corrected chi connectivity index (χ2v) is 5.34. The van der Waals surface area contributed by atoms with E-state index in [2.05, 4.69) is 22.6 Å². The fourth-order valence-corrected chi connectivity index (χ4v) is 1.61. The van der Waals surface area contributed by atoms with Crippen LogP contribution in [-0.4, -0.2) is 5.78 Å². The van der Waals surface area contributed by atoms with Gasteiger partial charge in [-0.2, -0.15) is 0 Å². The molecule has 0 unspecified atom stereocenters. The smallest absolute Gasteiger partial charge is 0.168 e. The summed E-state index contributed by atoms with van der Waals surface area (Å²) in [6.45, 7) is 5.82. The van der Waals surface area contributed by atoms with E-state index in [-0.39, 0.29) is 11.2 Å². The largest absolute Gasteiger partial charge is 0.294 e. The van der Waals surface area contributed by atoms with Gasteiger partial charge in [0.15, 0.2) is 5.78 Å². The number of Topliss-reactive ketones (excluding diaryl/α,β-unsaturated/α-hetero) is 1. The van der Waals surface area contributed by atoms with Crippen molar-refractivity contribution in [3.63, 3.8) is 0 Å². The minimum Gasteiger partial charge on any atom is -0.294 e. The van der Waals surface area contributed by atoms with Crippen LogP contribution >= 0.6 is 22.6 Å². The van der Waals surface area contributed by atoms with E-state index < -0.39 is 0 Å². The monoisotopic (exact) mass is 288 g/mol. The number of hydrogen-bond acceptors (Lipinski definition) is 1. The predicted octanol–water partition coefficient (Wildman–Crippen LogP) is 3.52. The van der Waals surface area contributed by atoms with Crippen molar-refractivity contribution in [1.29, 1.82) is 0 Å². The van der Waals surface area contributed by atoms with Gasteiger partial charge in [-0.15, -0.1) is 0 Å². The molecule has 0 heterocycles. The number of carbonyl (C=O) groups excluding carboxylic acids is 1. The van der Waals surface area contributed by atoms with E-state index >= 15 is 0 Å². The molecule has 1 aromatic rings. The lowest BCUT2D eigenvalue weighted by Crippen LogP contribution is -2.20. The number of carbonyl (C=O) groups is 1. The summed E-state index contributed by atoms with van der Waals surface area (Å²) in [7, 11) is 0. The molecule has 0 spiro atoms. The maximum absolute atomic E-state index is 11.8. The highest BCUT2D eigenvalue weighted by molar-refractivity contribution is 14.1. The van der Waals surface area contributed by atoms with Gasteiger partial charge in [0.25, 0.3) is 0 Å². The molecule has 0 N–H and O–H groups in total. The molecular formula is C11H13IO. The van der Waals surface area contributed by atoms with Crippen molar-refractivity contribution in [2.75, 3.05) is 0 Å². The maximum Gasteiger partial charge on any atom is 0.168 e. The second-order valence-electron chi connectivity index (χ2n) is 4.09. The molecule has 0 bridgehead atoms. The number of halogens is 1. The first-order valence-electron chi connectivity index (χ1n) is 4.21. The van der Waals surface area contributed by atoms with Crippen LogP contribution < -0.4 is 0 Å². The molecule has 1 rings (SSSR count). The summed E-state index contributed by atoms with van der Waals surface area (Å²) in [5.41, 5.74) is 0.518. The summed E-state index contributed by atoms with van der Waals surface area (Å²) in [6.07, 6.45) is 0. The van der Waals surface area contributed by atoms with Crippen LogP contribution in [0.5, 0.6) is 0 Å². The van der Waals surface area contributed by atoms with E-state index in [1.807, 2.05) is 45.0 Å². The molecule has 0 amide bonds. The highest BCUT2D eigenvalue weighted by Crippen LogP contribution is 2.21. The molecule has 0 aliphatic rings. The van der Waals surface area contributed by atoms with Gasteiger partial charge in [-0.05, 0) is 34.7 Å². The van der Waals surface area contributed by atoms with Crippen LogP contribution in [-0.2, 0) is 0 Å². The molecule has 0 fully saturated rings. The summed E-state index contributed by atoms with van der Waals surface area (Å²) in [5.74, 6) is 0.200. The Morgan fingerprint density at radius 3 is 2.38 bits per heavy atom. The number of benzene rings is 1. The van der Waals surface area contributed by atoms with Gasteiger partial charge in [0.2, 0.25) is 0 Å². The third-order valence-electron chi connectivity index (χ3n) is 1.77. The molecule has 0 aromatic heterocycles. The van der Waals surface area contributed by atoms with Crippen molar-refractivity contribution in [2.24, 2.45) is 5.41 Å². The lowest BCUT2D eigenvalue weighted by molar-refractivity contribution is 0.0858. The van der Waals surface area contributed by atoms with Crippen molar-refractivity contribution >= 4 is 28.4 Å². The molecular weight excluding hydrogens is 275 g/mol. The Morgan fingerprint density at radius 2 is 1.92 bits per heavy atom. The van der Waals surface area contributed by atoms with E-state index in [0.29, 0.717) is 0 Å². The second kappa shape index (κ2) is 3.78. The summed E-state index contributed by atoms with van der Waals surface area (Å²) < 4.78 is 1.10. The van der Waals surface area contributed by atoms with Crippen LogP contribution in [0.25, 0.3) is 0 Å². The summed E-state index contributed by atoms with van der Waals surface area (Å²) in [6, 6.07) is 7.70. The topological polar surface area (TPSA) is 17.1 Å². The van der Waals surface area contributed by atoms with E-state index in [1.54, 1.807) is 0 Å². The zero-order valence-electron chi connectivity index (χ0n) is 8.10. The van der Waals surface area contributed by atoms with Crippen molar-refractivity contribution in [1.82, 2.24) is 0 Å². The Morgan fingerprint density at radius 1 is 1.31 bits per heavy atom. The van der Waals surface area contributed by atoms with Crippen LogP contribution in [0.4, 0.5) is 0 Å². The van der Waals surface area contributed by atoms with Crippen molar-refractivity contribution in [3.05, 3.63) is 33.4 Å². The van der Waals surface area contributed by atoms with E-state index in [0.717, 1.165) is 9.13 Å².